The molecular weight excluding hydrogens is 223 g/mol. The van der Waals surface area contributed by atoms with Crippen LogP contribution in [0.15, 0.2) is 4.90 Å². The average molecular weight is 231 g/mol. The summed E-state index contributed by atoms with van der Waals surface area (Å²) in [6.07, 6.45) is 0. The topological polar surface area (TPSA) is 62.8 Å². The Kier molecular flexibility index (Phi) is 3.56. The molecule has 1 heterocycles. The second kappa shape index (κ2) is 3.64. The fourth-order valence-electron chi connectivity index (χ4n) is 0.900. The van der Waals surface area contributed by atoms with Crippen LogP contribution in [0.5, 0.6) is 0 Å². The van der Waals surface area contributed by atoms with Gasteiger partial charge in [0, 0.05) is 10.7 Å². The van der Waals surface area contributed by atoms with E-state index in [-0.39, 0.29) is 17.3 Å². The molecule has 1 N–H and O–H groups in total. The maximum Gasteiger partial charge on any atom is 0.264 e. The molecule has 0 aliphatic carbocycles. The molecule has 1 aromatic heterocycles. The van der Waals surface area contributed by atoms with Gasteiger partial charge in [-0.05, 0) is 13.8 Å². The van der Waals surface area contributed by atoms with Gasteiger partial charge in [-0.25, -0.2) is 8.42 Å². The Morgan fingerprint density at radius 2 is 1.92 bits per heavy atom. The summed E-state index contributed by atoms with van der Waals surface area (Å²) in [4.78, 5) is 0.0826. The maximum absolute atomic E-state index is 10.8. The van der Waals surface area contributed by atoms with Crippen molar-refractivity contribution in [1.29, 1.82) is 0 Å². The molecule has 0 spiro atoms. The van der Waals surface area contributed by atoms with Crippen LogP contribution < -0.4 is 0 Å². The first kappa shape index (κ1) is 11.7. The first-order chi connectivity index (χ1) is 4.93. The van der Waals surface area contributed by atoms with Crippen LogP contribution in [0.4, 0.5) is 0 Å². The smallest absolute Gasteiger partial charge is 0.264 e. The van der Waals surface area contributed by atoms with Crippen molar-refractivity contribution in [3.8, 4) is 0 Å². The fourth-order valence-corrected chi connectivity index (χ4v) is 2.39. The summed E-state index contributed by atoms with van der Waals surface area (Å²) in [5, 5.41) is 6.22. The Balaban J connectivity index is 0.00000121. The van der Waals surface area contributed by atoms with E-state index in [0.29, 0.717) is 11.4 Å². The monoisotopic (exact) mass is 230 g/mol. The zero-order chi connectivity index (χ0) is 8.65. The summed E-state index contributed by atoms with van der Waals surface area (Å²) in [5.74, 6) is 0. The average Bonchev–Trinajstić information content (AvgIpc) is 2.08. The van der Waals surface area contributed by atoms with Crippen LogP contribution in [0.25, 0.3) is 0 Å². The van der Waals surface area contributed by atoms with E-state index in [4.69, 9.17) is 10.7 Å². The van der Waals surface area contributed by atoms with E-state index < -0.39 is 9.05 Å². The molecule has 12 heavy (non-hydrogen) atoms. The lowest BCUT2D eigenvalue weighted by Gasteiger charge is -1.92. The van der Waals surface area contributed by atoms with Gasteiger partial charge in [0.05, 0.1) is 11.4 Å². The normalized spacial score (nSPS) is 10.9. The molecule has 0 amide bonds. The highest BCUT2D eigenvalue weighted by molar-refractivity contribution is 8.13. The van der Waals surface area contributed by atoms with Crippen molar-refractivity contribution in [2.75, 3.05) is 0 Å². The van der Waals surface area contributed by atoms with Gasteiger partial charge >= 0.3 is 0 Å². The van der Waals surface area contributed by atoms with Crippen LogP contribution in [0.2, 0.25) is 0 Å². The number of hydrogen-bond acceptors (Lipinski definition) is 3. The first-order valence-electron chi connectivity index (χ1n) is 2.89. The van der Waals surface area contributed by atoms with Crippen molar-refractivity contribution in [2.24, 2.45) is 0 Å². The van der Waals surface area contributed by atoms with Gasteiger partial charge in [0.15, 0.2) is 0 Å². The molecule has 0 radical (unpaired) electrons. The standard InChI is InChI=1S/C5H7ClN2O2S.ClH/c1-3-5(11(6,9)10)4(2)8-7-3;/h1-2H3,(H,7,8);1H. The number of nitrogens with zero attached hydrogens (tertiary/aromatic N) is 1. The van der Waals surface area contributed by atoms with Crippen molar-refractivity contribution in [2.45, 2.75) is 18.7 Å². The second-order valence-corrected chi connectivity index (χ2v) is 4.70. The Morgan fingerprint density at radius 1 is 1.42 bits per heavy atom. The lowest BCUT2D eigenvalue weighted by atomic mass is 10.4. The number of rotatable bonds is 1. The molecule has 0 fully saturated rings. The van der Waals surface area contributed by atoms with Gasteiger partial charge in [-0.15, -0.1) is 12.4 Å². The van der Waals surface area contributed by atoms with Crippen LogP contribution >= 0.6 is 23.1 Å². The second-order valence-electron chi connectivity index (χ2n) is 2.20. The molecule has 0 atom stereocenters. The zero-order valence-corrected chi connectivity index (χ0v) is 8.85. The van der Waals surface area contributed by atoms with E-state index in [9.17, 15) is 8.42 Å². The van der Waals surface area contributed by atoms with Crippen LogP contribution in [0.3, 0.4) is 0 Å². The van der Waals surface area contributed by atoms with Crippen molar-refractivity contribution in [1.82, 2.24) is 10.2 Å². The fraction of sp³-hybridized carbons (Fsp3) is 0.400. The van der Waals surface area contributed by atoms with Gasteiger partial charge < -0.3 is 0 Å². The van der Waals surface area contributed by atoms with Gasteiger partial charge in [-0.3, -0.25) is 5.10 Å². The Morgan fingerprint density at radius 3 is 2.08 bits per heavy atom. The molecule has 1 aromatic rings. The van der Waals surface area contributed by atoms with E-state index in [2.05, 4.69) is 10.2 Å². The van der Waals surface area contributed by atoms with Gasteiger partial charge in [-0.1, -0.05) is 0 Å². The number of aryl methyl sites for hydroxylation is 2. The number of H-pyrrole nitrogens is 1. The molecule has 0 saturated carbocycles. The van der Waals surface area contributed by atoms with E-state index in [1.54, 1.807) is 13.8 Å². The van der Waals surface area contributed by atoms with E-state index in [1.165, 1.54) is 0 Å². The van der Waals surface area contributed by atoms with Gasteiger partial charge in [-0.2, -0.15) is 5.10 Å². The number of halogens is 2. The molecule has 70 valence electrons. The summed E-state index contributed by atoms with van der Waals surface area (Å²) in [6.45, 7) is 3.19. The molecule has 0 bridgehead atoms. The highest BCUT2D eigenvalue weighted by atomic mass is 35.7. The van der Waals surface area contributed by atoms with Crippen molar-refractivity contribution >= 4 is 32.1 Å². The van der Waals surface area contributed by atoms with E-state index in [1.807, 2.05) is 0 Å². The molecule has 0 unspecified atom stereocenters. The SMILES string of the molecule is Cc1n[nH]c(C)c1S(=O)(=O)Cl.Cl. The van der Waals surface area contributed by atoms with Gasteiger partial charge in [0.2, 0.25) is 0 Å². The molecule has 0 aromatic carbocycles. The minimum Gasteiger partial charge on any atom is -0.281 e. The summed E-state index contributed by atoms with van der Waals surface area (Å²) >= 11 is 0. The number of hydrogen-bond donors (Lipinski definition) is 1. The van der Waals surface area contributed by atoms with Crippen LogP contribution in [0.1, 0.15) is 11.4 Å². The predicted molar refractivity (Wildman–Crippen MR) is 48.3 cm³/mol. The Bertz CT molecular complexity index is 351. The molecule has 0 aliphatic rings. The largest absolute Gasteiger partial charge is 0.281 e. The minimum absolute atomic E-state index is 0. The Labute approximate surface area is 81.1 Å². The maximum atomic E-state index is 10.8. The highest BCUT2D eigenvalue weighted by Gasteiger charge is 2.18. The molecule has 4 nitrogen and oxygen atoms in total. The van der Waals surface area contributed by atoms with Crippen LogP contribution in [0, 0.1) is 13.8 Å². The van der Waals surface area contributed by atoms with E-state index in [0.717, 1.165) is 0 Å². The van der Waals surface area contributed by atoms with Crippen LogP contribution in [-0.4, -0.2) is 18.6 Å². The van der Waals surface area contributed by atoms with Crippen molar-refractivity contribution < 1.29 is 8.42 Å². The number of aromatic amines is 1. The molecule has 0 saturated heterocycles. The number of aromatic nitrogens is 2. The summed E-state index contributed by atoms with van der Waals surface area (Å²) < 4.78 is 21.7. The quantitative estimate of drug-likeness (QED) is 0.742. The lowest BCUT2D eigenvalue weighted by molar-refractivity contribution is 0.608. The molecule has 1 rings (SSSR count). The molecular formula is C5H8Cl2N2O2S. The molecule has 0 aliphatic heterocycles. The zero-order valence-electron chi connectivity index (χ0n) is 6.46. The minimum atomic E-state index is -3.64. The van der Waals surface area contributed by atoms with Crippen molar-refractivity contribution in [3.63, 3.8) is 0 Å². The third kappa shape index (κ3) is 2.12. The predicted octanol–water partition coefficient (Wildman–Crippen LogP) is 1.38. The van der Waals surface area contributed by atoms with Gasteiger partial charge in [0.1, 0.15) is 4.90 Å². The number of nitrogens with one attached hydrogen (secondary N) is 1. The highest BCUT2D eigenvalue weighted by Crippen LogP contribution is 2.20. The third-order valence-corrected chi connectivity index (χ3v) is 2.86. The summed E-state index contributed by atoms with van der Waals surface area (Å²) in [6, 6.07) is 0. The molecule has 7 heteroatoms. The van der Waals surface area contributed by atoms with Gasteiger partial charge in [0.25, 0.3) is 9.05 Å². The lowest BCUT2D eigenvalue weighted by Crippen LogP contribution is -1.93. The van der Waals surface area contributed by atoms with Crippen molar-refractivity contribution in [3.05, 3.63) is 11.4 Å². The van der Waals surface area contributed by atoms with Crippen LogP contribution in [-0.2, 0) is 9.05 Å². The Hall–Kier alpha value is -0.260. The first-order valence-corrected chi connectivity index (χ1v) is 5.20. The van der Waals surface area contributed by atoms with E-state index >= 15 is 0 Å². The summed E-state index contributed by atoms with van der Waals surface area (Å²) in [7, 11) is 1.48. The third-order valence-electron chi connectivity index (χ3n) is 1.30. The summed E-state index contributed by atoms with van der Waals surface area (Å²) in [5.41, 5.74) is 0.870.